The van der Waals surface area contributed by atoms with E-state index >= 15 is 0 Å². The molecule has 7 heteroatoms. The molecule has 0 amide bonds. The second kappa shape index (κ2) is 11.0. The molecule has 164 valence electrons. The summed E-state index contributed by atoms with van der Waals surface area (Å²) in [5, 5.41) is 5.04. The van der Waals surface area contributed by atoms with Gasteiger partial charge in [-0.2, -0.15) is 0 Å². The SMILES string of the molecule is CCc1ccc2[nH]c(=O)c(CN(Cc3cccnc3)C(=S)NCCCN(C)C)cc2c1. The van der Waals surface area contributed by atoms with Crippen molar-refractivity contribution in [3.05, 3.63) is 75.8 Å². The van der Waals surface area contributed by atoms with Crippen molar-refractivity contribution in [2.75, 3.05) is 27.2 Å². The molecule has 3 rings (SSSR count). The molecule has 1 aromatic carbocycles. The zero-order valence-corrected chi connectivity index (χ0v) is 19.3. The summed E-state index contributed by atoms with van der Waals surface area (Å²) < 4.78 is 0. The first-order valence-electron chi connectivity index (χ1n) is 10.7. The molecule has 0 saturated carbocycles. The summed E-state index contributed by atoms with van der Waals surface area (Å²) in [5.74, 6) is 0. The first-order chi connectivity index (χ1) is 15.0. The van der Waals surface area contributed by atoms with Gasteiger partial charge in [0.05, 0.1) is 6.54 Å². The van der Waals surface area contributed by atoms with Crippen LogP contribution in [0.1, 0.15) is 30.0 Å². The van der Waals surface area contributed by atoms with Gasteiger partial charge < -0.3 is 20.1 Å². The Hall–Kier alpha value is -2.77. The average Bonchev–Trinajstić information content (AvgIpc) is 2.76. The normalized spacial score (nSPS) is 11.1. The van der Waals surface area contributed by atoms with E-state index in [9.17, 15) is 4.79 Å². The van der Waals surface area contributed by atoms with Crippen molar-refractivity contribution in [1.29, 1.82) is 0 Å². The largest absolute Gasteiger partial charge is 0.363 e. The van der Waals surface area contributed by atoms with E-state index in [1.54, 1.807) is 6.20 Å². The molecular formula is C24H31N5OS. The second-order valence-electron chi connectivity index (χ2n) is 8.00. The highest BCUT2D eigenvalue weighted by atomic mass is 32.1. The van der Waals surface area contributed by atoms with Crippen LogP contribution in [0.25, 0.3) is 10.9 Å². The van der Waals surface area contributed by atoms with E-state index in [1.807, 2.05) is 35.4 Å². The van der Waals surface area contributed by atoms with E-state index in [0.717, 1.165) is 42.4 Å². The highest BCUT2D eigenvalue weighted by Crippen LogP contribution is 2.16. The molecule has 0 spiro atoms. The van der Waals surface area contributed by atoms with E-state index in [-0.39, 0.29) is 5.56 Å². The molecule has 0 atom stereocenters. The summed E-state index contributed by atoms with van der Waals surface area (Å²) in [6.45, 7) is 4.91. The van der Waals surface area contributed by atoms with Crippen LogP contribution in [-0.2, 0) is 19.5 Å². The molecule has 0 aliphatic heterocycles. The number of hydrogen-bond acceptors (Lipinski definition) is 4. The van der Waals surface area contributed by atoms with Crippen molar-refractivity contribution in [2.24, 2.45) is 0 Å². The maximum Gasteiger partial charge on any atom is 0.253 e. The number of H-pyrrole nitrogens is 1. The molecule has 0 unspecified atom stereocenters. The molecule has 3 aromatic rings. The fraction of sp³-hybridized carbons (Fsp3) is 0.375. The van der Waals surface area contributed by atoms with Crippen LogP contribution in [0.15, 0.2) is 53.6 Å². The van der Waals surface area contributed by atoms with Gasteiger partial charge in [-0.25, -0.2) is 0 Å². The van der Waals surface area contributed by atoms with Crippen LogP contribution in [0.3, 0.4) is 0 Å². The van der Waals surface area contributed by atoms with Crippen molar-refractivity contribution in [2.45, 2.75) is 32.9 Å². The van der Waals surface area contributed by atoms with Crippen LogP contribution in [0.4, 0.5) is 0 Å². The van der Waals surface area contributed by atoms with Gasteiger partial charge in [0.2, 0.25) is 0 Å². The van der Waals surface area contributed by atoms with E-state index in [0.29, 0.717) is 23.8 Å². The lowest BCUT2D eigenvalue weighted by Crippen LogP contribution is -2.40. The number of aromatic nitrogens is 2. The standard InChI is InChI=1S/C24H31N5OS/c1-4-18-8-9-22-20(13-18)14-21(23(30)27-22)17-29(16-19-7-5-10-25-15-19)24(31)26-11-6-12-28(2)3/h5,7-10,13-15H,4,6,11-12,16-17H2,1-3H3,(H,26,31)(H,27,30). The smallest absolute Gasteiger partial charge is 0.253 e. The predicted octanol–water partition coefficient (Wildman–Crippen LogP) is 3.31. The molecule has 0 aliphatic carbocycles. The summed E-state index contributed by atoms with van der Waals surface area (Å²) >= 11 is 5.70. The lowest BCUT2D eigenvalue weighted by atomic mass is 10.1. The molecule has 31 heavy (non-hydrogen) atoms. The number of thiocarbonyl (C=S) groups is 1. The molecule has 2 aromatic heterocycles. The van der Waals surface area contributed by atoms with Gasteiger partial charge in [-0.1, -0.05) is 19.1 Å². The highest BCUT2D eigenvalue weighted by Gasteiger charge is 2.14. The van der Waals surface area contributed by atoms with Gasteiger partial charge in [0.25, 0.3) is 5.56 Å². The van der Waals surface area contributed by atoms with Gasteiger partial charge in [0.1, 0.15) is 0 Å². The minimum atomic E-state index is -0.0802. The number of nitrogens with one attached hydrogen (secondary N) is 2. The number of benzene rings is 1. The Bertz CT molecular complexity index is 1060. The van der Waals surface area contributed by atoms with Crippen LogP contribution >= 0.6 is 12.2 Å². The predicted molar refractivity (Wildman–Crippen MR) is 131 cm³/mol. The van der Waals surface area contributed by atoms with Crippen molar-refractivity contribution in [3.63, 3.8) is 0 Å². The minimum absolute atomic E-state index is 0.0802. The van der Waals surface area contributed by atoms with Gasteiger partial charge >= 0.3 is 0 Å². The van der Waals surface area contributed by atoms with Crippen LogP contribution in [0.5, 0.6) is 0 Å². The number of hydrogen-bond donors (Lipinski definition) is 2. The first-order valence-corrected chi connectivity index (χ1v) is 11.1. The Morgan fingerprint density at radius 3 is 2.71 bits per heavy atom. The van der Waals surface area contributed by atoms with Gasteiger partial charge in [-0.15, -0.1) is 0 Å². The Kier molecular flexibility index (Phi) is 8.14. The summed E-state index contributed by atoms with van der Waals surface area (Å²) in [4.78, 5) is 24.2. The first kappa shape index (κ1) is 22.9. The molecule has 0 aliphatic rings. The monoisotopic (exact) mass is 437 g/mol. The number of nitrogens with zero attached hydrogens (tertiary/aromatic N) is 3. The van der Waals surface area contributed by atoms with E-state index < -0.39 is 0 Å². The van der Waals surface area contributed by atoms with Crippen LogP contribution in [0.2, 0.25) is 0 Å². The van der Waals surface area contributed by atoms with Crippen LogP contribution in [0, 0.1) is 0 Å². The third kappa shape index (κ3) is 6.60. The highest BCUT2D eigenvalue weighted by molar-refractivity contribution is 7.80. The maximum atomic E-state index is 12.8. The summed E-state index contributed by atoms with van der Waals surface area (Å²) in [7, 11) is 4.12. The molecule has 0 saturated heterocycles. The third-order valence-electron chi connectivity index (χ3n) is 5.20. The second-order valence-corrected chi connectivity index (χ2v) is 8.39. The van der Waals surface area contributed by atoms with Gasteiger partial charge in [0, 0.05) is 36.6 Å². The van der Waals surface area contributed by atoms with Gasteiger partial charge in [0.15, 0.2) is 5.11 Å². The van der Waals surface area contributed by atoms with Crippen LogP contribution < -0.4 is 10.9 Å². The quantitative estimate of drug-likeness (QED) is 0.396. The van der Waals surface area contributed by atoms with Crippen molar-refractivity contribution in [3.8, 4) is 0 Å². The van der Waals surface area contributed by atoms with E-state index in [2.05, 4.69) is 53.3 Å². The number of aromatic amines is 1. The lowest BCUT2D eigenvalue weighted by Gasteiger charge is -2.26. The maximum absolute atomic E-state index is 12.8. The molecule has 0 bridgehead atoms. The van der Waals surface area contributed by atoms with E-state index in [1.165, 1.54) is 5.56 Å². The molecular weight excluding hydrogens is 406 g/mol. The van der Waals surface area contributed by atoms with E-state index in [4.69, 9.17) is 12.2 Å². The van der Waals surface area contributed by atoms with Crippen LogP contribution in [-0.4, -0.2) is 52.1 Å². The summed E-state index contributed by atoms with van der Waals surface area (Å²) in [6.07, 6.45) is 5.54. The molecule has 2 heterocycles. The Balaban J connectivity index is 1.82. The lowest BCUT2D eigenvalue weighted by molar-refractivity contribution is 0.383. The molecule has 0 radical (unpaired) electrons. The zero-order chi connectivity index (χ0) is 22.2. The van der Waals surface area contributed by atoms with Crippen molar-refractivity contribution < 1.29 is 0 Å². The van der Waals surface area contributed by atoms with Gasteiger partial charge in [-0.05, 0) is 86.5 Å². The zero-order valence-electron chi connectivity index (χ0n) is 18.5. The summed E-state index contributed by atoms with van der Waals surface area (Å²) in [6, 6.07) is 12.1. The topological polar surface area (TPSA) is 64.3 Å². The number of aryl methyl sites for hydroxylation is 1. The Morgan fingerprint density at radius 2 is 2.00 bits per heavy atom. The number of fused-ring (bicyclic) bond motifs is 1. The van der Waals surface area contributed by atoms with Crippen molar-refractivity contribution >= 4 is 28.2 Å². The molecule has 6 nitrogen and oxygen atoms in total. The summed E-state index contributed by atoms with van der Waals surface area (Å²) in [5.41, 5.74) is 3.76. The Labute approximate surface area is 189 Å². The number of pyridine rings is 2. The average molecular weight is 438 g/mol. The van der Waals surface area contributed by atoms with Gasteiger partial charge in [-0.3, -0.25) is 9.78 Å². The molecule has 2 N–H and O–H groups in total. The van der Waals surface area contributed by atoms with Crippen molar-refractivity contribution in [1.82, 2.24) is 25.1 Å². The third-order valence-corrected chi connectivity index (χ3v) is 5.60. The fourth-order valence-electron chi connectivity index (χ4n) is 3.46. The Morgan fingerprint density at radius 1 is 1.16 bits per heavy atom. The number of rotatable bonds is 9. The minimum Gasteiger partial charge on any atom is -0.363 e. The molecule has 0 fully saturated rings. The fourth-order valence-corrected chi connectivity index (χ4v) is 3.69.